The summed E-state index contributed by atoms with van der Waals surface area (Å²) in [6.07, 6.45) is 6.19. The van der Waals surface area contributed by atoms with Gasteiger partial charge in [-0.15, -0.1) is 0 Å². The minimum atomic E-state index is -0.412. The first-order valence-corrected chi connectivity index (χ1v) is 8.44. The summed E-state index contributed by atoms with van der Waals surface area (Å²) in [5, 5.41) is 22.4. The summed E-state index contributed by atoms with van der Waals surface area (Å²) in [5.41, 5.74) is 3.08. The summed E-state index contributed by atoms with van der Waals surface area (Å²) < 4.78 is 6.75. The Morgan fingerprint density at radius 1 is 1.04 bits per heavy atom. The van der Waals surface area contributed by atoms with Crippen molar-refractivity contribution in [3.05, 3.63) is 63.5 Å². The van der Waals surface area contributed by atoms with Gasteiger partial charge in [-0.2, -0.15) is 0 Å². The minimum absolute atomic E-state index is 0.0703. The van der Waals surface area contributed by atoms with Crippen LogP contribution >= 0.6 is 0 Å². The molecule has 0 fully saturated rings. The van der Waals surface area contributed by atoms with Gasteiger partial charge in [0.25, 0.3) is 0 Å². The van der Waals surface area contributed by atoms with Gasteiger partial charge in [-0.1, -0.05) is 12.2 Å². The zero-order valence-corrected chi connectivity index (χ0v) is 13.7. The van der Waals surface area contributed by atoms with Crippen LogP contribution in [0, 0.1) is 6.92 Å². The van der Waals surface area contributed by atoms with E-state index in [1.54, 1.807) is 6.07 Å². The van der Waals surface area contributed by atoms with Gasteiger partial charge in [-0.05, 0) is 37.5 Å². The number of nitrogens with zero attached hydrogens (tertiary/aromatic N) is 1. The van der Waals surface area contributed by atoms with Crippen molar-refractivity contribution in [2.24, 2.45) is 0 Å². The molecule has 0 spiro atoms. The first kappa shape index (κ1) is 14.4. The number of aryl methyl sites for hydroxylation is 1. The van der Waals surface area contributed by atoms with Gasteiger partial charge in [0.1, 0.15) is 5.58 Å². The van der Waals surface area contributed by atoms with E-state index < -0.39 is 5.63 Å². The molecule has 3 aromatic rings. The molecule has 0 radical (unpaired) electrons. The lowest BCUT2D eigenvalue weighted by molar-refractivity contribution is 0.399. The Kier molecular flexibility index (Phi) is 2.76. The lowest BCUT2D eigenvalue weighted by atomic mass is 9.73. The predicted octanol–water partition coefficient (Wildman–Crippen LogP) is 3.83. The van der Waals surface area contributed by atoms with Crippen LogP contribution in [0.4, 0.5) is 0 Å². The van der Waals surface area contributed by atoms with Crippen molar-refractivity contribution in [3.63, 3.8) is 0 Å². The van der Waals surface area contributed by atoms with Crippen LogP contribution in [0.15, 0.2) is 45.6 Å². The smallest absolute Gasteiger partial charge is 0.336 e. The van der Waals surface area contributed by atoms with E-state index in [0.717, 1.165) is 34.9 Å². The van der Waals surface area contributed by atoms with Gasteiger partial charge in [0.15, 0.2) is 0 Å². The maximum atomic E-state index is 11.7. The van der Waals surface area contributed by atoms with E-state index in [-0.39, 0.29) is 23.6 Å². The monoisotopic (exact) mass is 335 g/mol. The Hall–Kier alpha value is -2.95. The molecule has 0 saturated heterocycles. The van der Waals surface area contributed by atoms with Gasteiger partial charge in [-0.25, -0.2) is 4.79 Å². The first-order valence-electron chi connectivity index (χ1n) is 8.44. The van der Waals surface area contributed by atoms with Crippen molar-refractivity contribution in [1.29, 1.82) is 0 Å². The molecule has 2 bridgehead atoms. The van der Waals surface area contributed by atoms with Gasteiger partial charge in [0.05, 0.1) is 5.69 Å². The third-order valence-corrected chi connectivity index (χ3v) is 5.49. The summed E-state index contributed by atoms with van der Waals surface area (Å²) in [6.45, 7) is 1.85. The highest BCUT2D eigenvalue weighted by molar-refractivity contribution is 5.82. The van der Waals surface area contributed by atoms with Crippen LogP contribution in [-0.2, 0) is 0 Å². The molecule has 2 atom stereocenters. The van der Waals surface area contributed by atoms with Crippen LogP contribution in [0.3, 0.4) is 0 Å². The van der Waals surface area contributed by atoms with Crippen molar-refractivity contribution < 1.29 is 14.6 Å². The highest BCUT2D eigenvalue weighted by Gasteiger charge is 2.37. The number of hydrogen-bond donors (Lipinski definition) is 2. The molecule has 1 aromatic carbocycles. The summed E-state index contributed by atoms with van der Waals surface area (Å²) in [5.74, 6) is 0.433. The number of hydrogen-bond acceptors (Lipinski definition) is 4. The largest absolute Gasteiger partial charge is 0.494 e. The number of allylic oxidation sites excluding steroid dienone is 2. The lowest BCUT2D eigenvalue weighted by Crippen LogP contribution is -2.15. The molecule has 2 N–H and O–H groups in total. The fourth-order valence-corrected chi connectivity index (χ4v) is 4.31. The average Bonchev–Trinajstić information content (AvgIpc) is 2.88. The number of aromatic hydroxyl groups is 2. The van der Waals surface area contributed by atoms with Crippen LogP contribution in [-0.4, -0.2) is 14.8 Å². The lowest BCUT2D eigenvalue weighted by Gasteiger charge is -2.30. The molecule has 2 aromatic heterocycles. The highest BCUT2D eigenvalue weighted by atomic mass is 16.4. The van der Waals surface area contributed by atoms with E-state index in [1.165, 1.54) is 10.6 Å². The summed E-state index contributed by atoms with van der Waals surface area (Å²) in [4.78, 5) is 11.7. The molecule has 6 rings (SSSR count). The molecule has 126 valence electrons. The molecule has 5 nitrogen and oxygen atoms in total. The normalized spacial score (nSPS) is 21.0. The van der Waals surface area contributed by atoms with E-state index in [4.69, 9.17) is 4.42 Å². The molecular formula is C20H17NO4. The van der Waals surface area contributed by atoms with E-state index in [9.17, 15) is 15.0 Å². The van der Waals surface area contributed by atoms with E-state index in [2.05, 4.69) is 12.2 Å². The molecule has 3 aliphatic rings. The molecule has 2 heterocycles. The van der Waals surface area contributed by atoms with Gasteiger partial charge in [-0.3, -0.25) is 4.57 Å². The fraction of sp³-hybridized carbons (Fsp3) is 0.250. The quantitative estimate of drug-likeness (QED) is 0.523. The molecule has 5 heteroatoms. The number of benzene rings is 1. The summed E-state index contributed by atoms with van der Waals surface area (Å²) >= 11 is 0. The van der Waals surface area contributed by atoms with Crippen molar-refractivity contribution in [3.8, 4) is 17.4 Å². The molecule has 0 amide bonds. The molecule has 0 saturated carbocycles. The Balaban J connectivity index is 1.77. The Bertz CT molecular complexity index is 1080. The number of aromatic nitrogens is 1. The van der Waals surface area contributed by atoms with E-state index in [0.29, 0.717) is 11.3 Å². The van der Waals surface area contributed by atoms with Gasteiger partial charge in [0.2, 0.25) is 11.8 Å². The number of fused-ring (bicyclic) bond motifs is 2. The molecule has 25 heavy (non-hydrogen) atoms. The molecule has 3 aliphatic carbocycles. The third kappa shape index (κ3) is 1.86. The second-order valence-corrected chi connectivity index (χ2v) is 6.91. The Morgan fingerprint density at radius 3 is 2.28 bits per heavy atom. The Morgan fingerprint density at radius 2 is 1.68 bits per heavy atom. The minimum Gasteiger partial charge on any atom is -0.494 e. The van der Waals surface area contributed by atoms with Crippen LogP contribution in [0.25, 0.3) is 16.7 Å². The van der Waals surface area contributed by atoms with Gasteiger partial charge >= 0.3 is 5.63 Å². The SMILES string of the molecule is Cc1cc(=O)oc2cc(-n3c(O)c4c(c3O)[C@H]3C=C[C@@H]4CC3)ccc12. The van der Waals surface area contributed by atoms with Gasteiger partial charge < -0.3 is 14.6 Å². The third-order valence-electron chi connectivity index (χ3n) is 5.49. The average molecular weight is 335 g/mol. The summed E-state index contributed by atoms with van der Waals surface area (Å²) in [6, 6.07) is 6.79. The van der Waals surface area contributed by atoms with Crippen LogP contribution in [0.5, 0.6) is 11.8 Å². The molecule has 0 aliphatic heterocycles. The fourth-order valence-electron chi connectivity index (χ4n) is 4.31. The van der Waals surface area contributed by atoms with Crippen LogP contribution < -0.4 is 5.63 Å². The predicted molar refractivity (Wildman–Crippen MR) is 93.7 cm³/mol. The zero-order chi connectivity index (χ0) is 17.3. The molecule has 0 unspecified atom stereocenters. The van der Waals surface area contributed by atoms with Crippen molar-refractivity contribution >= 4 is 11.0 Å². The number of rotatable bonds is 1. The van der Waals surface area contributed by atoms with Crippen molar-refractivity contribution in [2.45, 2.75) is 31.6 Å². The first-order chi connectivity index (χ1) is 12.0. The van der Waals surface area contributed by atoms with Crippen molar-refractivity contribution in [1.82, 2.24) is 4.57 Å². The maximum Gasteiger partial charge on any atom is 0.336 e. The maximum absolute atomic E-state index is 11.7. The summed E-state index contributed by atoms with van der Waals surface area (Å²) in [7, 11) is 0. The van der Waals surface area contributed by atoms with E-state index in [1.807, 2.05) is 19.1 Å². The van der Waals surface area contributed by atoms with Crippen molar-refractivity contribution in [2.75, 3.05) is 0 Å². The Labute approximate surface area is 143 Å². The van der Waals surface area contributed by atoms with Gasteiger partial charge in [0, 0.05) is 40.5 Å². The van der Waals surface area contributed by atoms with E-state index >= 15 is 0 Å². The van der Waals surface area contributed by atoms with Crippen LogP contribution in [0.2, 0.25) is 0 Å². The second kappa shape index (κ2) is 4.79. The van der Waals surface area contributed by atoms with Crippen LogP contribution in [0.1, 0.15) is 41.4 Å². The molecular weight excluding hydrogens is 318 g/mol. The highest BCUT2D eigenvalue weighted by Crippen LogP contribution is 2.54. The standard InChI is InChI=1S/C20H17NO4/c1-10-8-16(22)25-15-9-13(6-7-14(10)15)21-19(23)17-11-2-3-12(5-4-11)18(17)20(21)24/h2-3,6-9,11-12,23-24H,4-5H2,1H3/t11-,12+. The second-order valence-electron chi connectivity index (χ2n) is 6.91. The zero-order valence-electron chi connectivity index (χ0n) is 13.7. The topological polar surface area (TPSA) is 75.6 Å².